The van der Waals surface area contributed by atoms with Crippen LogP contribution in [0.3, 0.4) is 0 Å². The Morgan fingerprint density at radius 2 is 1.75 bits per heavy atom. The van der Waals surface area contributed by atoms with Gasteiger partial charge in [-0.3, -0.25) is 9.55 Å². The highest BCUT2D eigenvalue weighted by Gasteiger charge is 2.42. The van der Waals surface area contributed by atoms with Gasteiger partial charge in [0.1, 0.15) is 4.90 Å². The van der Waals surface area contributed by atoms with Gasteiger partial charge >= 0.3 is 0 Å². The van der Waals surface area contributed by atoms with Crippen molar-refractivity contribution in [1.29, 1.82) is 0 Å². The third-order valence-electron chi connectivity index (χ3n) is 6.36. The Morgan fingerprint density at radius 3 is 2.39 bits per heavy atom. The summed E-state index contributed by atoms with van der Waals surface area (Å²) in [6.07, 6.45) is 2.80. The van der Waals surface area contributed by atoms with E-state index in [0.29, 0.717) is 5.92 Å². The highest BCUT2D eigenvalue weighted by atomic mass is 32.2. The van der Waals surface area contributed by atoms with Crippen molar-refractivity contribution >= 4 is 22.0 Å². The van der Waals surface area contributed by atoms with Crippen LogP contribution >= 0.6 is 0 Å². The lowest BCUT2D eigenvalue weighted by Gasteiger charge is -2.47. The van der Waals surface area contributed by atoms with Gasteiger partial charge in [0, 0.05) is 6.21 Å². The second kappa shape index (κ2) is 6.82. The number of fused-ring (bicyclic) bond motifs is 1. The molecule has 0 amide bonds. The number of rotatable bonds is 3. The molecule has 5 heteroatoms. The zero-order valence-corrected chi connectivity index (χ0v) is 18.3. The van der Waals surface area contributed by atoms with Crippen molar-refractivity contribution in [3.05, 3.63) is 58.7 Å². The van der Waals surface area contributed by atoms with Gasteiger partial charge in [-0.1, -0.05) is 52.8 Å². The molecule has 1 unspecified atom stereocenters. The summed E-state index contributed by atoms with van der Waals surface area (Å²) in [6, 6.07) is 10.7. The first-order valence-corrected chi connectivity index (χ1v) is 11.0. The molecule has 0 saturated carbocycles. The van der Waals surface area contributed by atoms with Crippen LogP contribution in [0.2, 0.25) is 0 Å². The van der Waals surface area contributed by atoms with Gasteiger partial charge in [-0.15, -0.1) is 0 Å². The second-order valence-electron chi connectivity index (χ2n) is 9.17. The largest absolute Gasteiger partial charge is 0.296 e. The van der Waals surface area contributed by atoms with Crippen LogP contribution in [0.15, 0.2) is 46.3 Å². The summed E-state index contributed by atoms with van der Waals surface area (Å²) in [4.78, 5) is 4.20. The standard InChI is InChI=1S/C23H29NO3S/c1-15-11-19-18(22(3,4)13-16(2)23(19,5)6)12-17(15)14-24-20-9-7-8-10-21(20)28(25,26)27/h7-12,14,16H,13H2,1-6H3,(H,25,26,27). The summed E-state index contributed by atoms with van der Waals surface area (Å²) in [5.41, 5.74) is 5.16. The predicted molar refractivity (Wildman–Crippen MR) is 115 cm³/mol. The van der Waals surface area contributed by atoms with Gasteiger partial charge in [0.15, 0.2) is 0 Å². The first-order valence-electron chi connectivity index (χ1n) is 9.60. The molecule has 2 aromatic rings. The Bertz CT molecular complexity index is 1050. The molecule has 150 valence electrons. The average molecular weight is 400 g/mol. The van der Waals surface area contributed by atoms with E-state index in [-0.39, 0.29) is 21.4 Å². The van der Waals surface area contributed by atoms with E-state index < -0.39 is 10.1 Å². The topological polar surface area (TPSA) is 66.7 Å². The molecule has 1 atom stereocenters. The lowest BCUT2D eigenvalue weighted by molar-refractivity contribution is 0.233. The van der Waals surface area contributed by atoms with Gasteiger partial charge in [-0.25, -0.2) is 0 Å². The molecule has 0 heterocycles. The van der Waals surface area contributed by atoms with Crippen LogP contribution in [-0.4, -0.2) is 19.2 Å². The molecule has 3 rings (SSSR count). The maximum absolute atomic E-state index is 11.6. The van der Waals surface area contributed by atoms with Crippen LogP contribution in [0.4, 0.5) is 5.69 Å². The summed E-state index contributed by atoms with van der Waals surface area (Å²) in [5.74, 6) is 0.579. The van der Waals surface area contributed by atoms with Gasteiger partial charge in [0.2, 0.25) is 0 Å². The summed E-state index contributed by atoms with van der Waals surface area (Å²) in [5, 5.41) is 0. The van der Waals surface area contributed by atoms with E-state index in [0.717, 1.165) is 17.5 Å². The molecule has 28 heavy (non-hydrogen) atoms. The maximum atomic E-state index is 11.6. The Labute approximate surface area is 168 Å². The number of para-hydroxylation sites is 1. The molecule has 0 spiro atoms. The Morgan fingerprint density at radius 1 is 1.11 bits per heavy atom. The molecule has 1 aliphatic carbocycles. The van der Waals surface area contributed by atoms with Gasteiger partial charge in [-0.2, -0.15) is 8.42 Å². The lowest BCUT2D eigenvalue weighted by Crippen LogP contribution is -2.40. The number of aliphatic imine (C=N–C) groups is 1. The summed E-state index contributed by atoms with van der Waals surface area (Å²) >= 11 is 0. The molecule has 0 saturated heterocycles. The Kier molecular flexibility index (Phi) is 5.05. The predicted octanol–water partition coefficient (Wildman–Crippen LogP) is 5.59. The number of nitrogens with zero attached hydrogens (tertiary/aromatic N) is 1. The van der Waals surface area contributed by atoms with Crippen molar-refractivity contribution in [3.8, 4) is 0 Å². The summed E-state index contributed by atoms with van der Waals surface area (Å²) in [6.45, 7) is 13.5. The molecule has 2 aromatic carbocycles. The van der Waals surface area contributed by atoms with Crippen LogP contribution in [-0.2, 0) is 20.9 Å². The van der Waals surface area contributed by atoms with Crippen LogP contribution in [0.25, 0.3) is 0 Å². The van der Waals surface area contributed by atoms with Crippen LogP contribution in [0.1, 0.15) is 63.3 Å². The number of aryl methyl sites for hydroxylation is 1. The molecule has 1 aliphatic rings. The Balaban J connectivity index is 2.11. The van der Waals surface area contributed by atoms with E-state index in [9.17, 15) is 13.0 Å². The summed E-state index contributed by atoms with van der Waals surface area (Å²) in [7, 11) is -4.32. The maximum Gasteiger partial charge on any atom is 0.296 e. The minimum Gasteiger partial charge on any atom is -0.282 e. The fraction of sp³-hybridized carbons (Fsp3) is 0.435. The van der Waals surface area contributed by atoms with Gasteiger partial charge in [0.05, 0.1) is 5.69 Å². The van der Waals surface area contributed by atoms with Crippen LogP contribution < -0.4 is 0 Å². The van der Waals surface area contributed by atoms with Crippen molar-refractivity contribution in [3.63, 3.8) is 0 Å². The average Bonchev–Trinajstić information content (AvgIpc) is 2.58. The summed E-state index contributed by atoms with van der Waals surface area (Å²) < 4.78 is 32.6. The van der Waals surface area contributed by atoms with Crippen molar-refractivity contribution in [2.45, 2.75) is 63.7 Å². The zero-order chi connectivity index (χ0) is 20.9. The molecule has 1 N–H and O–H groups in total. The molecule has 0 radical (unpaired) electrons. The zero-order valence-electron chi connectivity index (χ0n) is 17.4. The smallest absolute Gasteiger partial charge is 0.282 e. The van der Waals surface area contributed by atoms with E-state index in [1.165, 1.54) is 17.2 Å². The SMILES string of the molecule is Cc1cc2c(cc1C=Nc1ccccc1S(=O)(=O)O)C(C)(C)CC(C)C2(C)C. The van der Waals surface area contributed by atoms with E-state index in [1.807, 2.05) is 0 Å². The number of hydrogen-bond acceptors (Lipinski definition) is 3. The third kappa shape index (κ3) is 3.65. The minimum atomic E-state index is -4.32. The van der Waals surface area contributed by atoms with E-state index >= 15 is 0 Å². The van der Waals surface area contributed by atoms with E-state index in [4.69, 9.17) is 0 Å². The highest BCUT2D eigenvalue weighted by Crippen LogP contribution is 2.49. The molecular formula is C23H29NO3S. The molecule has 0 aromatic heterocycles. The lowest BCUT2D eigenvalue weighted by atomic mass is 9.58. The molecule has 0 fully saturated rings. The van der Waals surface area contributed by atoms with Crippen molar-refractivity contribution in [1.82, 2.24) is 0 Å². The first-order chi connectivity index (χ1) is 12.8. The number of hydrogen-bond donors (Lipinski definition) is 1. The van der Waals surface area contributed by atoms with Crippen molar-refractivity contribution in [2.24, 2.45) is 10.9 Å². The Hall–Kier alpha value is -1.98. The van der Waals surface area contributed by atoms with Crippen molar-refractivity contribution < 1.29 is 13.0 Å². The highest BCUT2D eigenvalue weighted by molar-refractivity contribution is 7.86. The van der Waals surface area contributed by atoms with Crippen LogP contribution in [0.5, 0.6) is 0 Å². The monoisotopic (exact) mass is 399 g/mol. The minimum absolute atomic E-state index is 0.0624. The number of benzene rings is 2. The molecule has 4 nitrogen and oxygen atoms in total. The quantitative estimate of drug-likeness (QED) is 0.540. The molecule has 0 bridgehead atoms. The fourth-order valence-corrected chi connectivity index (χ4v) is 4.91. The van der Waals surface area contributed by atoms with Gasteiger partial charge in [0.25, 0.3) is 10.1 Å². The van der Waals surface area contributed by atoms with E-state index in [2.05, 4.69) is 58.7 Å². The molecular weight excluding hydrogens is 370 g/mol. The third-order valence-corrected chi connectivity index (χ3v) is 7.26. The fourth-order valence-electron chi connectivity index (χ4n) is 4.27. The normalized spacial score (nSPS) is 20.9. The van der Waals surface area contributed by atoms with Gasteiger partial charge in [-0.05, 0) is 70.5 Å². The van der Waals surface area contributed by atoms with Gasteiger partial charge < -0.3 is 0 Å². The van der Waals surface area contributed by atoms with E-state index in [1.54, 1.807) is 24.4 Å². The van der Waals surface area contributed by atoms with Crippen LogP contribution in [0, 0.1) is 12.8 Å². The first kappa shape index (κ1) is 20.7. The molecule has 0 aliphatic heterocycles. The van der Waals surface area contributed by atoms with Crippen molar-refractivity contribution in [2.75, 3.05) is 0 Å². The second-order valence-corrected chi connectivity index (χ2v) is 10.6.